The molecule has 1 aliphatic rings. The molecule has 21 heavy (non-hydrogen) atoms. The van der Waals surface area contributed by atoms with Crippen molar-refractivity contribution < 1.29 is 9.90 Å². The first-order chi connectivity index (χ1) is 10.2. The maximum absolute atomic E-state index is 12.5. The summed E-state index contributed by atoms with van der Waals surface area (Å²) in [6.07, 6.45) is 1.02. The standard InChI is InChI=1S/C15H24N4O2/c1-2-6-16-14-5-3-4-13(17-14)15(21)19-9-7-18(8-10-19)11-12-20/h3-5,20H,2,6-12H2,1H3,(H,16,17). The van der Waals surface area contributed by atoms with E-state index in [0.717, 1.165) is 31.9 Å². The van der Waals surface area contributed by atoms with E-state index in [0.29, 0.717) is 25.3 Å². The molecule has 0 aromatic carbocycles. The second-order valence-electron chi connectivity index (χ2n) is 5.19. The first-order valence-corrected chi connectivity index (χ1v) is 7.58. The smallest absolute Gasteiger partial charge is 0.272 e. The highest BCUT2D eigenvalue weighted by Crippen LogP contribution is 2.10. The third-order valence-corrected chi connectivity index (χ3v) is 3.60. The average molecular weight is 292 g/mol. The number of aromatic nitrogens is 1. The summed E-state index contributed by atoms with van der Waals surface area (Å²) >= 11 is 0. The van der Waals surface area contributed by atoms with Gasteiger partial charge in [-0.05, 0) is 18.6 Å². The Labute approximate surface area is 125 Å². The molecule has 0 saturated carbocycles. The molecule has 116 valence electrons. The Morgan fingerprint density at radius 3 is 2.76 bits per heavy atom. The van der Waals surface area contributed by atoms with E-state index in [1.165, 1.54) is 0 Å². The number of rotatable bonds is 6. The summed E-state index contributed by atoms with van der Waals surface area (Å²) in [6, 6.07) is 5.51. The molecule has 1 aromatic rings. The zero-order chi connectivity index (χ0) is 15.1. The van der Waals surface area contributed by atoms with Crippen LogP contribution < -0.4 is 5.32 Å². The molecule has 1 saturated heterocycles. The number of hydrogen-bond acceptors (Lipinski definition) is 5. The van der Waals surface area contributed by atoms with Gasteiger partial charge < -0.3 is 15.3 Å². The number of pyridine rings is 1. The number of β-amino-alcohol motifs (C(OH)–C–C–N with tert-alkyl or cyclic N) is 1. The molecule has 0 spiro atoms. The van der Waals surface area contributed by atoms with Crippen LogP contribution in [0.5, 0.6) is 0 Å². The van der Waals surface area contributed by atoms with Gasteiger partial charge in [-0.2, -0.15) is 0 Å². The maximum atomic E-state index is 12.5. The Hall–Kier alpha value is -1.66. The van der Waals surface area contributed by atoms with Crippen LogP contribution in [0.3, 0.4) is 0 Å². The normalized spacial score (nSPS) is 16.0. The van der Waals surface area contributed by atoms with E-state index in [2.05, 4.69) is 22.1 Å². The summed E-state index contributed by atoms with van der Waals surface area (Å²) in [5.74, 6) is 0.736. The van der Waals surface area contributed by atoms with E-state index < -0.39 is 0 Å². The van der Waals surface area contributed by atoms with Gasteiger partial charge in [-0.25, -0.2) is 4.98 Å². The molecule has 2 rings (SSSR count). The van der Waals surface area contributed by atoms with Gasteiger partial charge in [0.05, 0.1) is 6.61 Å². The zero-order valence-electron chi connectivity index (χ0n) is 12.6. The van der Waals surface area contributed by atoms with Gasteiger partial charge in [-0.15, -0.1) is 0 Å². The lowest BCUT2D eigenvalue weighted by Crippen LogP contribution is -2.49. The molecule has 1 fully saturated rings. The SMILES string of the molecule is CCCNc1cccc(C(=O)N2CCN(CCO)CC2)n1. The fourth-order valence-corrected chi connectivity index (χ4v) is 2.38. The van der Waals surface area contributed by atoms with Gasteiger partial charge >= 0.3 is 0 Å². The molecule has 2 N–H and O–H groups in total. The minimum atomic E-state index is -0.0150. The van der Waals surface area contributed by atoms with Crippen LogP contribution in [0.1, 0.15) is 23.8 Å². The van der Waals surface area contributed by atoms with Crippen molar-refractivity contribution in [3.63, 3.8) is 0 Å². The second kappa shape index (κ2) is 7.95. The summed E-state index contributed by atoms with van der Waals surface area (Å²) in [6.45, 7) is 6.77. The Morgan fingerprint density at radius 2 is 2.10 bits per heavy atom. The number of carbonyl (C=O) groups is 1. The number of aliphatic hydroxyl groups excluding tert-OH is 1. The number of nitrogens with one attached hydrogen (secondary N) is 1. The van der Waals surface area contributed by atoms with Gasteiger partial charge in [0.15, 0.2) is 0 Å². The maximum Gasteiger partial charge on any atom is 0.272 e. The van der Waals surface area contributed by atoms with E-state index >= 15 is 0 Å². The molecule has 0 aliphatic carbocycles. The predicted octanol–water partition coefficient (Wildman–Crippen LogP) is 0.654. The Bertz CT molecular complexity index is 459. The minimum Gasteiger partial charge on any atom is -0.395 e. The molecule has 0 unspecified atom stereocenters. The first kappa shape index (κ1) is 15.7. The van der Waals surface area contributed by atoms with Crippen molar-refractivity contribution in [3.8, 4) is 0 Å². The van der Waals surface area contributed by atoms with Crippen LogP contribution >= 0.6 is 0 Å². The fourth-order valence-electron chi connectivity index (χ4n) is 2.38. The van der Waals surface area contributed by atoms with Gasteiger partial charge in [0.1, 0.15) is 11.5 Å². The molecule has 1 aromatic heterocycles. The largest absolute Gasteiger partial charge is 0.395 e. The molecule has 1 amide bonds. The lowest BCUT2D eigenvalue weighted by Gasteiger charge is -2.34. The summed E-state index contributed by atoms with van der Waals surface area (Å²) < 4.78 is 0. The van der Waals surface area contributed by atoms with Gasteiger partial charge in [-0.3, -0.25) is 9.69 Å². The number of nitrogens with zero attached hydrogens (tertiary/aromatic N) is 3. The molecule has 0 atom stereocenters. The van der Waals surface area contributed by atoms with E-state index in [-0.39, 0.29) is 12.5 Å². The zero-order valence-corrected chi connectivity index (χ0v) is 12.6. The quantitative estimate of drug-likeness (QED) is 0.806. The third kappa shape index (κ3) is 4.41. The molecule has 6 nitrogen and oxygen atoms in total. The fraction of sp³-hybridized carbons (Fsp3) is 0.600. The lowest BCUT2D eigenvalue weighted by molar-refractivity contribution is 0.0609. The van der Waals surface area contributed by atoms with Gasteiger partial charge in [0.2, 0.25) is 0 Å². The highest BCUT2D eigenvalue weighted by Gasteiger charge is 2.22. The molecule has 1 aliphatic heterocycles. The molecular formula is C15H24N4O2. The van der Waals surface area contributed by atoms with Crippen LogP contribution in [-0.4, -0.2) is 71.7 Å². The van der Waals surface area contributed by atoms with Crippen molar-refractivity contribution in [2.75, 3.05) is 51.2 Å². The highest BCUT2D eigenvalue weighted by molar-refractivity contribution is 5.92. The lowest BCUT2D eigenvalue weighted by atomic mass is 10.2. The second-order valence-corrected chi connectivity index (χ2v) is 5.19. The molecule has 0 radical (unpaired) electrons. The van der Waals surface area contributed by atoms with Crippen LogP contribution in [0.25, 0.3) is 0 Å². The van der Waals surface area contributed by atoms with Crippen molar-refractivity contribution in [1.82, 2.24) is 14.8 Å². The minimum absolute atomic E-state index is 0.0150. The van der Waals surface area contributed by atoms with Crippen LogP contribution in [0, 0.1) is 0 Å². The van der Waals surface area contributed by atoms with Crippen LogP contribution in [0.15, 0.2) is 18.2 Å². The Balaban J connectivity index is 1.94. The van der Waals surface area contributed by atoms with Crippen LogP contribution in [0.4, 0.5) is 5.82 Å². The van der Waals surface area contributed by atoms with Gasteiger partial charge in [0.25, 0.3) is 5.91 Å². The number of hydrogen-bond donors (Lipinski definition) is 2. The van der Waals surface area contributed by atoms with Crippen molar-refractivity contribution in [3.05, 3.63) is 23.9 Å². The third-order valence-electron chi connectivity index (χ3n) is 3.60. The van der Waals surface area contributed by atoms with Crippen molar-refractivity contribution in [2.45, 2.75) is 13.3 Å². The predicted molar refractivity (Wildman–Crippen MR) is 82.4 cm³/mol. The monoisotopic (exact) mass is 292 g/mol. The number of amides is 1. The molecule has 0 bridgehead atoms. The first-order valence-electron chi connectivity index (χ1n) is 7.58. The molecule has 6 heteroatoms. The topological polar surface area (TPSA) is 68.7 Å². The summed E-state index contributed by atoms with van der Waals surface area (Å²) in [5.41, 5.74) is 0.492. The molecular weight excluding hydrogens is 268 g/mol. The van der Waals surface area contributed by atoms with Gasteiger partial charge in [0, 0.05) is 39.3 Å². The van der Waals surface area contributed by atoms with Crippen LogP contribution in [0.2, 0.25) is 0 Å². The Kier molecular flexibility index (Phi) is 5.95. The number of carbonyl (C=O) groups excluding carboxylic acids is 1. The highest BCUT2D eigenvalue weighted by atomic mass is 16.3. The Morgan fingerprint density at radius 1 is 1.33 bits per heavy atom. The summed E-state index contributed by atoms with van der Waals surface area (Å²) in [5, 5.41) is 12.1. The molecule has 2 heterocycles. The van der Waals surface area contributed by atoms with Gasteiger partial charge in [-0.1, -0.05) is 13.0 Å². The van der Waals surface area contributed by atoms with E-state index in [4.69, 9.17) is 5.11 Å². The van der Waals surface area contributed by atoms with E-state index in [1.54, 1.807) is 6.07 Å². The number of aliphatic hydroxyl groups is 1. The van der Waals surface area contributed by atoms with E-state index in [1.807, 2.05) is 17.0 Å². The van der Waals surface area contributed by atoms with E-state index in [9.17, 15) is 4.79 Å². The van der Waals surface area contributed by atoms with Crippen molar-refractivity contribution in [1.29, 1.82) is 0 Å². The summed E-state index contributed by atoms with van der Waals surface area (Å²) in [4.78, 5) is 20.8. The number of anilines is 1. The van der Waals surface area contributed by atoms with Crippen molar-refractivity contribution in [2.24, 2.45) is 0 Å². The van der Waals surface area contributed by atoms with Crippen LogP contribution in [-0.2, 0) is 0 Å². The average Bonchev–Trinajstić information content (AvgIpc) is 2.53. The van der Waals surface area contributed by atoms with Crippen molar-refractivity contribution >= 4 is 11.7 Å². The summed E-state index contributed by atoms with van der Waals surface area (Å²) in [7, 11) is 0. The number of piperazine rings is 1.